The summed E-state index contributed by atoms with van der Waals surface area (Å²) in [6, 6.07) is 11.4. The van der Waals surface area contributed by atoms with Gasteiger partial charge in [0.25, 0.3) is 16.1 Å². The number of phenolic OH excluding ortho intramolecular Hbond substituents is 1. The average Bonchev–Trinajstić information content (AvgIpc) is 3.31. The maximum atomic E-state index is 14.1. The van der Waals surface area contributed by atoms with E-state index in [9.17, 15) is 27.9 Å². The van der Waals surface area contributed by atoms with Crippen LogP contribution >= 0.6 is 0 Å². The first-order chi connectivity index (χ1) is 24.4. The van der Waals surface area contributed by atoms with Crippen molar-refractivity contribution in [2.75, 3.05) is 58.2 Å². The minimum absolute atomic E-state index is 0.00927. The van der Waals surface area contributed by atoms with Gasteiger partial charge in [0.1, 0.15) is 21.4 Å². The summed E-state index contributed by atoms with van der Waals surface area (Å²) in [6.07, 6.45) is 3.83. The Morgan fingerprint density at radius 1 is 0.922 bits per heavy atom. The first-order valence-corrected chi connectivity index (χ1v) is 19.7. The number of benzene rings is 2. The van der Waals surface area contributed by atoms with Gasteiger partial charge in [0.15, 0.2) is 6.10 Å². The summed E-state index contributed by atoms with van der Waals surface area (Å²) in [4.78, 5) is 46.2. The van der Waals surface area contributed by atoms with Crippen molar-refractivity contribution in [2.45, 2.75) is 63.5 Å². The molecule has 6 rings (SSSR count). The molecular weight excluding hydrogens is 670 g/mol. The summed E-state index contributed by atoms with van der Waals surface area (Å²) in [7, 11) is 1.63. The predicted octanol–water partition coefficient (Wildman–Crippen LogP) is -0.0739. The maximum absolute atomic E-state index is 14.1. The number of likely N-dealkylation sites (tertiary alicyclic amines) is 2. The number of nitrogens with one attached hydrogen (secondary N) is 2. The summed E-state index contributed by atoms with van der Waals surface area (Å²) < 4.78 is 34.4. The third-order valence-corrected chi connectivity index (χ3v) is 13.0. The zero-order chi connectivity index (χ0) is 36.3. The number of piperidine rings is 3. The van der Waals surface area contributed by atoms with Crippen molar-refractivity contribution >= 4 is 60.5 Å². The molecule has 0 aromatic heterocycles. The molecule has 274 valence electrons. The molecule has 3 fully saturated rings. The summed E-state index contributed by atoms with van der Waals surface area (Å²) in [5.41, 5.74) is 4.14. The molecule has 0 radical (unpaired) electrons. The van der Waals surface area contributed by atoms with Crippen LogP contribution in [0, 0.1) is 11.8 Å². The zero-order valence-electron chi connectivity index (χ0n) is 30.0. The highest BCUT2D eigenvalue weighted by atomic mass is 32.2. The lowest BCUT2D eigenvalue weighted by Crippen LogP contribution is -2.52. The molecule has 2 aromatic carbocycles. The van der Waals surface area contributed by atoms with E-state index in [1.165, 1.54) is 11.4 Å². The van der Waals surface area contributed by atoms with Crippen LogP contribution in [0.15, 0.2) is 36.4 Å². The number of nitrogens with zero attached hydrogens (tertiary/aromatic N) is 4. The molecule has 0 aliphatic carbocycles. The second kappa shape index (κ2) is 15.9. The second-order valence-corrected chi connectivity index (χ2v) is 16.4. The third-order valence-electron chi connectivity index (χ3n) is 11.4. The fourth-order valence-corrected chi connectivity index (χ4v) is 9.31. The highest BCUT2D eigenvalue weighted by Crippen LogP contribution is 2.33. The number of urea groups is 1. The van der Waals surface area contributed by atoms with Gasteiger partial charge < -0.3 is 29.9 Å². The SMILES string of the molecule is Bc1cc(C[C@@H](OC(=O)N2CCC(N3CCc4ccccc4NC3=O)CC2)C(=O)N2CCC(C3CCN(S(=O)(=O)NC)CC3)CC2)cc(B)c1O. The van der Waals surface area contributed by atoms with Crippen LogP contribution in [0.3, 0.4) is 0 Å². The van der Waals surface area contributed by atoms with E-state index in [0.29, 0.717) is 81.4 Å². The number of ether oxygens (including phenoxy) is 1. The van der Waals surface area contributed by atoms with Gasteiger partial charge >= 0.3 is 12.1 Å². The van der Waals surface area contributed by atoms with Gasteiger partial charge in [-0.1, -0.05) is 30.3 Å². The molecule has 4 heterocycles. The summed E-state index contributed by atoms with van der Waals surface area (Å²) in [6.45, 7) is 3.52. The predicted molar refractivity (Wildman–Crippen MR) is 200 cm³/mol. The van der Waals surface area contributed by atoms with Gasteiger partial charge in [0.05, 0.1) is 0 Å². The average molecular weight is 721 g/mol. The van der Waals surface area contributed by atoms with Crippen LogP contribution in [0.4, 0.5) is 15.3 Å². The van der Waals surface area contributed by atoms with Gasteiger partial charge in [-0.25, -0.2) is 14.3 Å². The summed E-state index contributed by atoms with van der Waals surface area (Å²) in [5.74, 6) is 0.787. The number of hydrogen-bond donors (Lipinski definition) is 3. The fourth-order valence-electron chi connectivity index (χ4n) is 8.36. The number of para-hydroxylation sites is 1. The first kappa shape index (κ1) is 37.0. The number of carbonyl (C=O) groups excluding carboxylic acids is 3. The minimum atomic E-state index is -3.42. The van der Waals surface area contributed by atoms with Crippen LogP contribution < -0.4 is 21.0 Å². The van der Waals surface area contributed by atoms with Gasteiger partial charge in [-0.15, -0.1) is 0 Å². The Bertz CT molecular complexity index is 1680. The summed E-state index contributed by atoms with van der Waals surface area (Å²) >= 11 is 0. The monoisotopic (exact) mass is 720 g/mol. The standard InChI is InChI=1S/C35H50B2N6O7S/c1-38-51(48,49)42-17-8-25(9-18-42)24-6-13-40(14-7-24)33(45)31(22-23-20-28(36)32(44)29(37)21-23)50-35(47)41-15-11-27(12-16-41)43-19-10-26-4-2-3-5-30(26)39-34(43)46/h2-5,20-21,24-25,27,31,38,44H,6-19,22,36-37H2,1H3,(H,39,46)/t31-/m1/s1. The lowest BCUT2D eigenvalue weighted by atomic mass is 9.79. The lowest BCUT2D eigenvalue weighted by molar-refractivity contribution is -0.142. The van der Waals surface area contributed by atoms with E-state index in [-0.39, 0.29) is 30.2 Å². The van der Waals surface area contributed by atoms with Crippen LogP contribution in [0.1, 0.15) is 49.7 Å². The minimum Gasteiger partial charge on any atom is -0.509 e. The summed E-state index contributed by atoms with van der Waals surface area (Å²) in [5, 5.41) is 13.4. The van der Waals surface area contributed by atoms with E-state index in [2.05, 4.69) is 10.0 Å². The number of aromatic hydroxyl groups is 1. The molecule has 1 atom stereocenters. The normalized spacial score (nSPS) is 20.7. The van der Waals surface area contributed by atoms with Gasteiger partial charge in [-0.2, -0.15) is 12.7 Å². The molecule has 0 saturated carbocycles. The molecule has 2 aromatic rings. The highest BCUT2D eigenvalue weighted by Gasteiger charge is 2.38. The molecule has 16 heteroatoms. The van der Waals surface area contributed by atoms with E-state index >= 15 is 0 Å². The quantitative estimate of drug-likeness (QED) is 0.323. The number of fused-ring (bicyclic) bond motifs is 1. The first-order valence-electron chi connectivity index (χ1n) is 18.3. The van der Waals surface area contributed by atoms with E-state index in [1.54, 1.807) is 9.80 Å². The smallest absolute Gasteiger partial charge is 0.410 e. The number of amides is 4. The molecule has 4 aliphatic heterocycles. The molecular formula is C35H50B2N6O7S. The molecule has 0 unspecified atom stereocenters. The van der Waals surface area contributed by atoms with E-state index in [1.807, 2.05) is 57.0 Å². The van der Waals surface area contributed by atoms with Gasteiger partial charge in [0, 0.05) is 71.0 Å². The number of anilines is 1. The van der Waals surface area contributed by atoms with E-state index in [0.717, 1.165) is 48.9 Å². The van der Waals surface area contributed by atoms with Crippen LogP contribution in [-0.4, -0.2) is 131 Å². The Balaban J connectivity index is 1.07. The van der Waals surface area contributed by atoms with Crippen molar-refractivity contribution in [3.8, 4) is 5.75 Å². The molecule has 4 amide bonds. The topological polar surface area (TPSA) is 152 Å². The van der Waals surface area contributed by atoms with E-state index < -0.39 is 22.4 Å². The van der Waals surface area contributed by atoms with Crippen LogP contribution in [-0.2, 0) is 32.6 Å². The third kappa shape index (κ3) is 8.49. The molecule has 51 heavy (non-hydrogen) atoms. The molecule has 13 nitrogen and oxygen atoms in total. The molecule has 3 N–H and O–H groups in total. The molecule has 3 saturated heterocycles. The van der Waals surface area contributed by atoms with Crippen LogP contribution in [0.5, 0.6) is 5.75 Å². The number of hydrogen-bond acceptors (Lipinski definition) is 7. The molecule has 0 bridgehead atoms. The molecule has 0 spiro atoms. The largest absolute Gasteiger partial charge is 0.509 e. The molecule has 4 aliphatic rings. The lowest BCUT2D eigenvalue weighted by Gasteiger charge is -2.40. The van der Waals surface area contributed by atoms with Gasteiger partial charge in [0.2, 0.25) is 0 Å². The van der Waals surface area contributed by atoms with Crippen molar-refractivity contribution in [1.29, 1.82) is 0 Å². The van der Waals surface area contributed by atoms with Crippen molar-refractivity contribution in [1.82, 2.24) is 23.7 Å². The Labute approximate surface area is 303 Å². The van der Waals surface area contributed by atoms with Crippen molar-refractivity contribution in [3.63, 3.8) is 0 Å². The Kier molecular flexibility index (Phi) is 11.5. The van der Waals surface area contributed by atoms with E-state index in [4.69, 9.17) is 4.74 Å². The van der Waals surface area contributed by atoms with Crippen molar-refractivity contribution in [3.05, 3.63) is 47.5 Å². The van der Waals surface area contributed by atoms with Gasteiger partial charge in [-0.05, 0) is 84.9 Å². The van der Waals surface area contributed by atoms with Gasteiger partial charge in [-0.3, -0.25) is 4.79 Å². The number of carbonyl (C=O) groups is 3. The van der Waals surface area contributed by atoms with Crippen LogP contribution in [0.2, 0.25) is 0 Å². The number of phenols is 1. The van der Waals surface area contributed by atoms with Crippen molar-refractivity contribution < 1.29 is 32.6 Å². The fraction of sp³-hybridized carbons (Fsp3) is 0.571. The highest BCUT2D eigenvalue weighted by molar-refractivity contribution is 7.87. The zero-order valence-corrected chi connectivity index (χ0v) is 30.8. The maximum Gasteiger partial charge on any atom is 0.410 e. The Hall–Kier alpha value is -3.75. The second-order valence-electron chi connectivity index (χ2n) is 14.5. The number of rotatable bonds is 8. The Morgan fingerprint density at radius 3 is 2.14 bits per heavy atom. The Morgan fingerprint density at radius 2 is 1.51 bits per heavy atom. The van der Waals surface area contributed by atoms with Crippen LogP contribution in [0.25, 0.3) is 0 Å². The van der Waals surface area contributed by atoms with Crippen molar-refractivity contribution in [2.24, 2.45) is 11.8 Å².